The summed E-state index contributed by atoms with van der Waals surface area (Å²) in [4.78, 5) is 0. The number of benzene rings is 2. The highest BCUT2D eigenvalue weighted by Gasteiger charge is 2.05. The summed E-state index contributed by atoms with van der Waals surface area (Å²) in [6, 6.07) is 9.94. The molecule has 88 valence electrons. The van der Waals surface area contributed by atoms with Gasteiger partial charge in [-0.15, -0.1) is 0 Å². The Morgan fingerprint density at radius 3 is 1.53 bits per heavy atom. The summed E-state index contributed by atoms with van der Waals surface area (Å²) in [5.41, 5.74) is 1.66. The van der Waals surface area contributed by atoms with Crippen LogP contribution in [0.4, 0.5) is 11.4 Å². The van der Waals surface area contributed by atoms with Crippen LogP contribution in [0.2, 0.25) is 0 Å². The molecule has 2 aromatic rings. The summed E-state index contributed by atoms with van der Waals surface area (Å²) in [5, 5.41) is 21.8. The van der Waals surface area contributed by atoms with Gasteiger partial charge < -0.3 is 15.5 Å². The Bertz CT molecular complexity index is 509. The van der Waals surface area contributed by atoms with Crippen LogP contribution in [0.25, 0.3) is 0 Å². The molecule has 5 heteroatoms. The first-order valence-corrected chi connectivity index (χ1v) is 6.39. The van der Waals surface area contributed by atoms with E-state index in [0.717, 1.165) is 20.3 Å². The first-order chi connectivity index (χ1) is 8.06. The number of rotatable bonds is 2. The smallest absolute Gasteiger partial charge is 0.116 e. The average molecular weight is 359 g/mol. The third-order valence-electron chi connectivity index (χ3n) is 2.17. The lowest BCUT2D eigenvalue weighted by Gasteiger charge is -2.10. The van der Waals surface area contributed by atoms with Crippen LogP contribution in [0.15, 0.2) is 45.3 Å². The van der Waals surface area contributed by atoms with Gasteiger partial charge in [-0.05, 0) is 68.3 Å². The van der Waals surface area contributed by atoms with Crippen molar-refractivity contribution in [3.63, 3.8) is 0 Å². The Morgan fingerprint density at radius 1 is 0.765 bits per heavy atom. The van der Waals surface area contributed by atoms with Gasteiger partial charge in [0, 0.05) is 8.95 Å². The Balaban J connectivity index is 2.31. The first kappa shape index (κ1) is 12.3. The maximum Gasteiger partial charge on any atom is 0.116 e. The van der Waals surface area contributed by atoms with E-state index in [-0.39, 0.29) is 11.5 Å². The number of halogens is 2. The van der Waals surface area contributed by atoms with Gasteiger partial charge in [0.05, 0.1) is 11.4 Å². The zero-order chi connectivity index (χ0) is 12.4. The zero-order valence-electron chi connectivity index (χ0n) is 8.61. The third-order valence-corrected chi connectivity index (χ3v) is 3.49. The van der Waals surface area contributed by atoms with Crippen LogP contribution < -0.4 is 5.32 Å². The van der Waals surface area contributed by atoms with Crippen LogP contribution in [0.5, 0.6) is 11.5 Å². The van der Waals surface area contributed by atoms with Crippen LogP contribution in [0, 0.1) is 0 Å². The van der Waals surface area contributed by atoms with Gasteiger partial charge in [0.25, 0.3) is 0 Å². The molecule has 0 aliphatic heterocycles. The van der Waals surface area contributed by atoms with Gasteiger partial charge in [-0.3, -0.25) is 0 Å². The number of hydrogen-bond donors (Lipinski definition) is 3. The van der Waals surface area contributed by atoms with Crippen molar-refractivity contribution in [1.82, 2.24) is 0 Å². The highest BCUT2D eigenvalue weighted by molar-refractivity contribution is 9.11. The van der Waals surface area contributed by atoms with Gasteiger partial charge in [-0.1, -0.05) is 0 Å². The largest absolute Gasteiger partial charge is 0.508 e. The minimum atomic E-state index is 0.201. The molecule has 0 saturated carbocycles. The van der Waals surface area contributed by atoms with Crippen molar-refractivity contribution in [2.24, 2.45) is 0 Å². The minimum absolute atomic E-state index is 0.201. The van der Waals surface area contributed by atoms with Gasteiger partial charge in [0.1, 0.15) is 11.5 Å². The fourth-order valence-electron chi connectivity index (χ4n) is 1.36. The predicted molar refractivity (Wildman–Crippen MR) is 74.9 cm³/mol. The lowest BCUT2D eigenvalue weighted by molar-refractivity contribution is 0.474. The predicted octanol–water partition coefficient (Wildman–Crippen LogP) is 4.37. The lowest BCUT2D eigenvalue weighted by atomic mass is 10.2. The number of anilines is 2. The maximum atomic E-state index is 9.29. The highest BCUT2D eigenvalue weighted by Crippen LogP contribution is 2.33. The van der Waals surface area contributed by atoms with Crippen LogP contribution in [-0.4, -0.2) is 10.2 Å². The molecule has 0 saturated heterocycles. The molecule has 2 aromatic carbocycles. The second kappa shape index (κ2) is 4.98. The van der Waals surface area contributed by atoms with E-state index >= 15 is 0 Å². The van der Waals surface area contributed by atoms with Gasteiger partial charge in [-0.2, -0.15) is 0 Å². The van der Waals surface area contributed by atoms with Crippen molar-refractivity contribution in [2.75, 3.05) is 5.32 Å². The molecule has 2 rings (SSSR count). The van der Waals surface area contributed by atoms with E-state index in [1.165, 1.54) is 0 Å². The van der Waals surface area contributed by atoms with Crippen molar-refractivity contribution in [3.05, 3.63) is 45.3 Å². The van der Waals surface area contributed by atoms with Crippen molar-refractivity contribution in [2.45, 2.75) is 0 Å². The lowest BCUT2D eigenvalue weighted by Crippen LogP contribution is -1.92. The Hall–Kier alpha value is -1.20. The zero-order valence-corrected chi connectivity index (χ0v) is 11.8. The molecule has 3 N–H and O–H groups in total. The molecular formula is C12H9Br2NO2. The standard InChI is InChI=1S/C12H9Br2NO2/c13-9-5-7(16)1-3-11(9)15-12-4-2-8(17)6-10(12)14/h1-6,15-17H. The van der Waals surface area contributed by atoms with E-state index < -0.39 is 0 Å². The Labute approximate surface area is 115 Å². The van der Waals surface area contributed by atoms with E-state index in [9.17, 15) is 10.2 Å². The second-order valence-corrected chi connectivity index (χ2v) is 5.16. The summed E-state index contributed by atoms with van der Waals surface area (Å²) < 4.78 is 1.52. The van der Waals surface area contributed by atoms with Gasteiger partial charge in [-0.25, -0.2) is 0 Å². The van der Waals surface area contributed by atoms with E-state index in [4.69, 9.17) is 0 Å². The molecule has 3 nitrogen and oxygen atoms in total. The van der Waals surface area contributed by atoms with Gasteiger partial charge in [0.2, 0.25) is 0 Å². The molecule has 0 bridgehead atoms. The molecule has 0 aliphatic carbocycles. The fraction of sp³-hybridized carbons (Fsp3) is 0. The Morgan fingerprint density at radius 2 is 1.18 bits per heavy atom. The topological polar surface area (TPSA) is 52.5 Å². The monoisotopic (exact) mass is 357 g/mol. The molecule has 0 spiro atoms. The molecule has 0 fully saturated rings. The van der Waals surface area contributed by atoms with Crippen molar-refractivity contribution in [1.29, 1.82) is 0 Å². The molecule has 0 aliphatic rings. The first-order valence-electron chi connectivity index (χ1n) is 4.80. The summed E-state index contributed by atoms with van der Waals surface area (Å²) >= 11 is 6.71. The molecule has 0 amide bonds. The molecule has 0 unspecified atom stereocenters. The van der Waals surface area contributed by atoms with E-state index in [1.54, 1.807) is 36.4 Å². The van der Waals surface area contributed by atoms with Crippen LogP contribution in [0.1, 0.15) is 0 Å². The average Bonchev–Trinajstić information content (AvgIpc) is 2.25. The minimum Gasteiger partial charge on any atom is -0.508 e. The molecular weight excluding hydrogens is 350 g/mol. The summed E-state index contributed by atoms with van der Waals surface area (Å²) in [5.74, 6) is 0.402. The number of phenols is 2. The summed E-state index contributed by atoms with van der Waals surface area (Å²) in [6.07, 6.45) is 0. The van der Waals surface area contributed by atoms with E-state index in [0.29, 0.717) is 0 Å². The number of nitrogens with one attached hydrogen (secondary N) is 1. The number of aromatic hydroxyl groups is 2. The van der Waals surface area contributed by atoms with Crippen LogP contribution in [0.3, 0.4) is 0 Å². The molecule has 0 heterocycles. The number of hydrogen-bond acceptors (Lipinski definition) is 3. The molecule has 17 heavy (non-hydrogen) atoms. The number of phenolic OH excluding ortho intramolecular Hbond substituents is 2. The summed E-state index contributed by atoms with van der Waals surface area (Å²) in [7, 11) is 0. The SMILES string of the molecule is Oc1ccc(Nc2ccc(O)cc2Br)c(Br)c1. The van der Waals surface area contributed by atoms with Crippen LogP contribution in [-0.2, 0) is 0 Å². The van der Waals surface area contributed by atoms with E-state index in [2.05, 4.69) is 37.2 Å². The Kier molecular flexibility index (Phi) is 3.59. The molecule has 0 radical (unpaired) electrons. The van der Waals surface area contributed by atoms with Gasteiger partial charge in [0.15, 0.2) is 0 Å². The second-order valence-electron chi connectivity index (χ2n) is 3.45. The van der Waals surface area contributed by atoms with Crippen molar-refractivity contribution < 1.29 is 10.2 Å². The van der Waals surface area contributed by atoms with Crippen molar-refractivity contribution in [3.8, 4) is 11.5 Å². The fourth-order valence-corrected chi connectivity index (χ4v) is 2.29. The van der Waals surface area contributed by atoms with Crippen molar-refractivity contribution >= 4 is 43.2 Å². The molecule has 0 aromatic heterocycles. The highest BCUT2D eigenvalue weighted by atomic mass is 79.9. The van der Waals surface area contributed by atoms with E-state index in [1.807, 2.05) is 0 Å². The maximum absolute atomic E-state index is 9.29. The third kappa shape index (κ3) is 2.92. The normalized spacial score (nSPS) is 10.2. The van der Waals surface area contributed by atoms with Crippen LogP contribution >= 0.6 is 31.9 Å². The van der Waals surface area contributed by atoms with Gasteiger partial charge >= 0.3 is 0 Å². The molecule has 0 atom stereocenters. The summed E-state index contributed by atoms with van der Waals surface area (Å²) in [6.45, 7) is 0. The quantitative estimate of drug-likeness (QED) is 0.699.